The molecule has 0 saturated heterocycles. The van der Waals surface area contributed by atoms with E-state index in [1.165, 1.54) is 0 Å². The minimum absolute atomic E-state index is 0.00615. The summed E-state index contributed by atoms with van der Waals surface area (Å²) in [6.45, 7) is 3.14. The van der Waals surface area contributed by atoms with Crippen molar-refractivity contribution in [3.63, 3.8) is 0 Å². The lowest BCUT2D eigenvalue weighted by molar-refractivity contribution is 0.0931. The maximum absolute atomic E-state index is 12.0. The summed E-state index contributed by atoms with van der Waals surface area (Å²) in [7, 11) is 3.89. The molecule has 1 amide bonds. The molecule has 0 aliphatic carbocycles. The van der Waals surface area contributed by atoms with Gasteiger partial charge in [-0.25, -0.2) is 0 Å². The van der Waals surface area contributed by atoms with E-state index in [-0.39, 0.29) is 11.7 Å². The first-order valence-electron chi connectivity index (χ1n) is 6.11. The van der Waals surface area contributed by atoms with Crippen molar-refractivity contribution in [2.24, 2.45) is 0 Å². The van der Waals surface area contributed by atoms with E-state index < -0.39 is 0 Å². The molecule has 98 valence electrons. The van der Waals surface area contributed by atoms with Crippen LogP contribution in [0.4, 0.5) is 0 Å². The van der Waals surface area contributed by atoms with Crippen LogP contribution in [0.5, 0.6) is 0 Å². The molecule has 0 spiro atoms. The highest BCUT2D eigenvalue weighted by atomic mass is 16.2. The van der Waals surface area contributed by atoms with Gasteiger partial charge in [-0.05, 0) is 20.2 Å². The maximum atomic E-state index is 12.0. The van der Waals surface area contributed by atoms with Crippen molar-refractivity contribution in [2.45, 2.75) is 13.3 Å². The van der Waals surface area contributed by atoms with E-state index in [9.17, 15) is 9.59 Å². The zero-order valence-electron chi connectivity index (χ0n) is 11.2. The molecule has 0 aliphatic rings. The maximum Gasteiger partial charge on any atom is 0.252 e. The van der Waals surface area contributed by atoms with Crippen LogP contribution in [0.3, 0.4) is 0 Å². The summed E-state index contributed by atoms with van der Waals surface area (Å²) < 4.78 is 0. The zero-order valence-corrected chi connectivity index (χ0v) is 11.2. The van der Waals surface area contributed by atoms with Gasteiger partial charge in [0.15, 0.2) is 5.78 Å². The van der Waals surface area contributed by atoms with E-state index >= 15 is 0 Å². The Bertz CT molecular complexity index is 428. The third-order valence-corrected chi connectivity index (χ3v) is 2.64. The second-order valence-corrected chi connectivity index (χ2v) is 4.38. The molecule has 0 aliphatic heterocycles. The second-order valence-electron chi connectivity index (χ2n) is 4.38. The summed E-state index contributed by atoms with van der Waals surface area (Å²) in [4.78, 5) is 25.7. The van der Waals surface area contributed by atoms with Gasteiger partial charge in [-0.1, -0.05) is 25.1 Å². The van der Waals surface area contributed by atoms with Crippen LogP contribution >= 0.6 is 0 Å². The topological polar surface area (TPSA) is 49.4 Å². The van der Waals surface area contributed by atoms with Crippen LogP contribution in [0.25, 0.3) is 0 Å². The molecule has 1 aromatic rings. The van der Waals surface area contributed by atoms with Gasteiger partial charge in [-0.3, -0.25) is 9.59 Å². The average molecular weight is 248 g/mol. The number of likely N-dealkylation sites (N-methyl/N-ethyl adjacent to an activating group) is 1. The molecule has 0 heterocycles. The number of rotatable bonds is 6. The largest absolute Gasteiger partial charge is 0.351 e. The lowest BCUT2D eigenvalue weighted by Gasteiger charge is -2.12. The SMILES string of the molecule is CCC(=O)c1ccccc1C(=O)NCCN(C)C. The van der Waals surface area contributed by atoms with Gasteiger partial charge in [0.2, 0.25) is 0 Å². The van der Waals surface area contributed by atoms with Crippen molar-refractivity contribution < 1.29 is 9.59 Å². The molecule has 0 fully saturated rings. The summed E-state index contributed by atoms with van der Waals surface area (Å²) in [5.41, 5.74) is 0.963. The zero-order chi connectivity index (χ0) is 13.5. The number of benzene rings is 1. The van der Waals surface area contributed by atoms with Crippen LogP contribution in [-0.2, 0) is 0 Å². The Hall–Kier alpha value is -1.68. The van der Waals surface area contributed by atoms with E-state index in [4.69, 9.17) is 0 Å². The molecule has 0 saturated carbocycles. The van der Waals surface area contributed by atoms with Crippen LogP contribution in [-0.4, -0.2) is 43.8 Å². The van der Waals surface area contributed by atoms with Crippen molar-refractivity contribution in [1.82, 2.24) is 10.2 Å². The van der Waals surface area contributed by atoms with E-state index in [1.54, 1.807) is 31.2 Å². The van der Waals surface area contributed by atoms with Crippen molar-refractivity contribution >= 4 is 11.7 Å². The average Bonchev–Trinajstić information content (AvgIpc) is 2.37. The number of Topliss-reactive ketones (excluding diaryl/α,β-unsaturated/α-hetero) is 1. The molecule has 0 aromatic heterocycles. The molecule has 4 nitrogen and oxygen atoms in total. The fraction of sp³-hybridized carbons (Fsp3) is 0.429. The standard InChI is InChI=1S/C14H20N2O2/c1-4-13(17)11-7-5-6-8-12(11)14(18)15-9-10-16(2)3/h5-8H,4,9-10H2,1-3H3,(H,15,18). The molecule has 4 heteroatoms. The highest BCUT2D eigenvalue weighted by Crippen LogP contribution is 2.11. The summed E-state index contributed by atoms with van der Waals surface area (Å²) in [6, 6.07) is 6.94. The van der Waals surface area contributed by atoms with E-state index in [0.717, 1.165) is 6.54 Å². The Morgan fingerprint density at radius 2 is 1.78 bits per heavy atom. The van der Waals surface area contributed by atoms with E-state index in [0.29, 0.717) is 24.1 Å². The van der Waals surface area contributed by atoms with E-state index in [2.05, 4.69) is 5.32 Å². The normalized spacial score (nSPS) is 10.4. The first kappa shape index (κ1) is 14.4. The monoisotopic (exact) mass is 248 g/mol. The van der Waals surface area contributed by atoms with E-state index in [1.807, 2.05) is 19.0 Å². The summed E-state index contributed by atoms with van der Waals surface area (Å²) in [5, 5.41) is 2.82. The fourth-order valence-electron chi connectivity index (χ4n) is 1.60. The minimum atomic E-state index is -0.186. The Morgan fingerprint density at radius 3 is 2.33 bits per heavy atom. The fourth-order valence-corrected chi connectivity index (χ4v) is 1.60. The van der Waals surface area contributed by atoms with Crippen LogP contribution in [0, 0.1) is 0 Å². The van der Waals surface area contributed by atoms with Crippen molar-refractivity contribution in [1.29, 1.82) is 0 Å². The number of hydrogen-bond donors (Lipinski definition) is 1. The van der Waals surface area contributed by atoms with Gasteiger partial charge in [-0.2, -0.15) is 0 Å². The molecule has 0 atom stereocenters. The van der Waals surface area contributed by atoms with Gasteiger partial charge in [0, 0.05) is 25.1 Å². The minimum Gasteiger partial charge on any atom is -0.351 e. The highest BCUT2D eigenvalue weighted by Gasteiger charge is 2.14. The van der Waals surface area contributed by atoms with Gasteiger partial charge in [0.25, 0.3) is 5.91 Å². The summed E-state index contributed by atoms with van der Waals surface area (Å²) in [5.74, 6) is -0.192. The van der Waals surface area contributed by atoms with Crippen LogP contribution in [0.1, 0.15) is 34.1 Å². The van der Waals surface area contributed by atoms with Crippen molar-refractivity contribution in [3.05, 3.63) is 35.4 Å². The number of amides is 1. The molecule has 1 aromatic carbocycles. The molecule has 1 rings (SSSR count). The van der Waals surface area contributed by atoms with Crippen LogP contribution < -0.4 is 5.32 Å². The van der Waals surface area contributed by atoms with Gasteiger partial charge in [0.1, 0.15) is 0 Å². The molecule has 0 bridgehead atoms. The summed E-state index contributed by atoms with van der Waals surface area (Å²) >= 11 is 0. The lowest BCUT2D eigenvalue weighted by Crippen LogP contribution is -2.32. The van der Waals surface area contributed by atoms with Gasteiger partial charge < -0.3 is 10.2 Å². The molecule has 18 heavy (non-hydrogen) atoms. The molecular formula is C14H20N2O2. The quantitative estimate of drug-likeness (QED) is 0.777. The van der Waals surface area contributed by atoms with Crippen molar-refractivity contribution in [2.75, 3.05) is 27.2 Å². The van der Waals surface area contributed by atoms with Gasteiger partial charge in [-0.15, -0.1) is 0 Å². The third kappa shape index (κ3) is 3.96. The first-order chi connectivity index (χ1) is 8.56. The number of hydrogen-bond acceptors (Lipinski definition) is 3. The summed E-state index contributed by atoms with van der Waals surface area (Å²) in [6.07, 6.45) is 0.405. The second kappa shape index (κ2) is 6.91. The molecule has 0 radical (unpaired) electrons. The number of carbonyl (C=O) groups is 2. The molecule has 0 unspecified atom stereocenters. The number of ketones is 1. The Morgan fingerprint density at radius 1 is 1.17 bits per heavy atom. The third-order valence-electron chi connectivity index (χ3n) is 2.64. The number of nitrogens with one attached hydrogen (secondary N) is 1. The molecular weight excluding hydrogens is 228 g/mol. The highest BCUT2D eigenvalue weighted by molar-refractivity contribution is 6.07. The number of nitrogens with zero attached hydrogens (tertiary/aromatic N) is 1. The number of carbonyl (C=O) groups excluding carboxylic acids is 2. The first-order valence-corrected chi connectivity index (χ1v) is 6.11. The Kier molecular flexibility index (Phi) is 5.52. The van der Waals surface area contributed by atoms with Gasteiger partial charge >= 0.3 is 0 Å². The predicted octanol–water partition coefficient (Wildman–Crippen LogP) is 1.57. The molecule has 1 N–H and O–H groups in total. The lowest BCUT2D eigenvalue weighted by atomic mass is 10.0. The Balaban J connectivity index is 2.76. The van der Waals surface area contributed by atoms with Crippen LogP contribution in [0.2, 0.25) is 0 Å². The van der Waals surface area contributed by atoms with Crippen molar-refractivity contribution in [3.8, 4) is 0 Å². The Labute approximate surface area is 108 Å². The predicted molar refractivity (Wildman–Crippen MR) is 72.0 cm³/mol. The van der Waals surface area contributed by atoms with Gasteiger partial charge in [0.05, 0.1) is 5.56 Å². The smallest absolute Gasteiger partial charge is 0.252 e. The van der Waals surface area contributed by atoms with Crippen LogP contribution in [0.15, 0.2) is 24.3 Å².